The summed E-state index contributed by atoms with van der Waals surface area (Å²) in [6.07, 6.45) is 1.96. The number of halogens is 4. The highest BCUT2D eigenvalue weighted by Crippen LogP contribution is 2.30. The van der Waals surface area contributed by atoms with Crippen molar-refractivity contribution in [3.05, 3.63) is 71.3 Å². The van der Waals surface area contributed by atoms with Gasteiger partial charge in [-0.3, -0.25) is 9.69 Å². The Labute approximate surface area is 188 Å². The Hall–Kier alpha value is -1.73. The van der Waals surface area contributed by atoms with Gasteiger partial charge in [-0.1, -0.05) is 24.3 Å². The molecule has 2 aromatic carbocycles. The second-order valence-corrected chi connectivity index (χ2v) is 7.52. The van der Waals surface area contributed by atoms with Crippen LogP contribution in [0, 0.1) is 11.6 Å². The lowest BCUT2D eigenvalue weighted by Crippen LogP contribution is -2.53. The first-order chi connectivity index (χ1) is 13.6. The van der Waals surface area contributed by atoms with Crippen LogP contribution in [-0.4, -0.2) is 54.5 Å². The minimum absolute atomic E-state index is 0. The number of benzene rings is 2. The summed E-state index contributed by atoms with van der Waals surface area (Å²) in [6.45, 7) is 3.68. The normalized spacial score (nSPS) is 19.3. The molecule has 2 heterocycles. The molecule has 4 rings (SSSR count). The Morgan fingerprint density at radius 2 is 1.37 bits per heavy atom. The fraction of sp³-hybridized carbons (Fsp3) is 0.409. The maximum absolute atomic E-state index is 13.4. The summed E-state index contributed by atoms with van der Waals surface area (Å²) >= 11 is 0. The summed E-state index contributed by atoms with van der Waals surface area (Å²) in [7, 11) is 0. The standard InChI is InChI=1S/C22H25F2N3O.2ClH/c23-18-7-3-16(4-8-18)21(17-5-9-19(24)10-6-17)26-12-14-27(15-13-26)22(28)20-2-1-11-25-20;;/h3-10,20-21,25H,1-2,11-15H2;2*1H/t20-;;/m1../s1. The van der Waals surface area contributed by atoms with Gasteiger partial charge in [0, 0.05) is 26.2 Å². The third-order valence-corrected chi connectivity index (χ3v) is 5.72. The highest BCUT2D eigenvalue weighted by Gasteiger charge is 2.32. The molecule has 2 aliphatic rings. The van der Waals surface area contributed by atoms with Crippen molar-refractivity contribution in [1.82, 2.24) is 15.1 Å². The van der Waals surface area contributed by atoms with Gasteiger partial charge >= 0.3 is 0 Å². The molecule has 4 nitrogen and oxygen atoms in total. The third-order valence-electron chi connectivity index (χ3n) is 5.72. The van der Waals surface area contributed by atoms with E-state index in [0.717, 1.165) is 43.6 Å². The molecule has 0 bridgehead atoms. The number of carbonyl (C=O) groups excluding carboxylic acids is 1. The van der Waals surface area contributed by atoms with Crippen LogP contribution in [0.5, 0.6) is 0 Å². The van der Waals surface area contributed by atoms with Crippen LogP contribution in [0.3, 0.4) is 0 Å². The van der Waals surface area contributed by atoms with Gasteiger partial charge in [0.1, 0.15) is 11.6 Å². The number of amides is 1. The molecule has 1 atom stereocenters. The second-order valence-electron chi connectivity index (χ2n) is 7.52. The first-order valence-electron chi connectivity index (χ1n) is 9.89. The van der Waals surface area contributed by atoms with Crippen molar-refractivity contribution in [2.45, 2.75) is 24.9 Å². The fourth-order valence-electron chi connectivity index (χ4n) is 4.22. The smallest absolute Gasteiger partial charge is 0.239 e. The first-order valence-corrected chi connectivity index (χ1v) is 9.89. The predicted molar refractivity (Wildman–Crippen MR) is 118 cm³/mol. The molecule has 30 heavy (non-hydrogen) atoms. The van der Waals surface area contributed by atoms with Crippen molar-refractivity contribution < 1.29 is 13.6 Å². The minimum atomic E-state index is -0.277. The van der Waals surface area contributed by atoms with E-state index in [1.807, 2.05) is 4.90 Å². The molecule has 1 amide bonds. The summed E-state index contributed by atoms with van der Waals surface area (Å²) in [5, 5.41) is 3.27. The zero-order valence-corrected chi connectivity index (χ0v) is 18.2. The molecule has 0 spiro atoms. The Kier molecular flexibility index (Phi) is 9.04. The van der Waals surface area contributed by atoms with E-state index >= 15 is 0 Å². The third kappa shape index (κ3) is 5.49. The van der Waals surface area contributed by atoms with Crippen LogP contribution in [0.2, 0.25) is 0 Å². The van der Waals surface area contributed by atoms with Crippen LogP contribution in [0.1, 0.15) is 30.0 Å². The lowest BCUT2D eigenvalue weighted by Gasteiger charge is -2.40. The number of nitrogens with one attached hydrogen (secondary N) is 1. The quantitative estimate of drug-likeness (QED) is 0.758. The highest BCUT2D eigenvalue weighted by molar-refractivity contribution is 5.85. The van der Waals surface area contributed by atoms with Gasteiger partial charge in [0.15, 0.2) is 0 Å². The van der Waals surface area contributed by atoms with Crippen LogP contribution < -0.4 is 5.32 Å². The Morgan fingerprint density at radius 1 is 0.867 bits per heavy atom. The molecule has 0 radical (unpaired) electrons. The van der Waals surface area contributed by atoms with Gasteiger partial charge in [-0.15, -0.1) is 24.8 Å². The maximum atomic E-state index is 13.4. The summed E-state index contributed by atoms with van der Waals surface area (Å²) in [6, 6.07) is 12.8. The van der Waals surface area contributed by atoms with E-state index in [1.165, 1.54) is 24.3 Å². The summed E-state index contributed by atoms with van der Waals surface area (Å²) < 4.78 is 26.8. The molecule has 2 aliphatic heterocycles. The van der Waals surface area contributed by atoms with E-state index in [4.69, 9.17) is 0 Å². The van der Waals surface area contributed by atoms with Gasteiger partial charge in [0.05, 0.1) is 12.1 Å². The summed E-state index contributed by atoms with van der Waals surface area (Å²) in [5.41, 5.74) is 1.93. The van der Waals surface area contributed by atoms with Crippen LogP contribution in [-0.2, 0) is 4.79 Å². The van der Waals surface area contributed by atoms with Gasteiger partial charge in [-0.25, -0.2) is 8.78 Å². The molecule has 0 aliphatic carbocycles. The fourth-order valence-corrected chi connectivity index (χ4v) is 4.22. The molecular weight excluding hydrogens is 431 g/mol. The molecule has 2 fully saturated rings. The van der Waals surface area contributed by atoms with Crippen molar-refractivity contribution in [3.63, 3.8) is 0 Å². The van der Waals surface area contributed by atoms with Gasteiger partial charge in [-0.05, 0) is 54.8 Å². The second kappa shape index (κ2) is 11.0. The van der Waals surface area contributed by atoms with E-state index in [2.05, 4.69) is 10.2 Å². The molecule has 2 saturated heterocycles. The molecular formula is C22H27Cl2F2N3O. The Bertz CT molecular complexity index is 761. The molecule has 0 saturated carbocycles. The predicted octanol–water partition coefficient (Wildman–Crippen LogP) is 3.79. The number of rotatable bonds is 4. The molecule has 1 N–H and O–H groups in total. The van der Waals surface area contributed by atoms with Crippen molar-refractivity contribution in [2.24, 2.45) is 0 Å². The topological polar surface area (TPSA) is 35.6 Å². The molecule has 8 heteroatoms. The number of hydrogen-bond donors (Lipinski definition) is 1. The first kappa shape index (κ1) is 24.5. The maximum Gasteiger partial charge on any atom is 0.239 e. The van der Waals surface area contributed by atoms with E-state index in [0.29, 0.717) is 13.1 Å². The number of piperazine rings is 1. The van der Waals surface area contributed by atoms with Gasteiger partial charge in [0.25, 0.3) is 0 Å². The van der Waals surface area contributed by atoms with E-state index in [-0.39, 0.29) is 54.4 Å². The molecule has 0 aromatic heterocycles. The van der Waals surface area contributed by atoms with Crippen LogP contribution in [0.25, 0.3) is 0 Å². The van der Waals surface area contributed by atoms with Crippen LogP contribution >= 0.6 is 24.8 Å². The number of hydrogen-bond acceptors (Lipinski definition) is 3. The molecule has 164 valence electrons. The Balaban J connectivity index is 0.00000160. The summed E-state index contributed by atoms with van der Waals surface area (Å²) in [4.78, 5) is 16.9. The zero-order valence-electron chi connectivity index (χ0n) is 16.6. The largest absolute Gasteiger partial charge is 0.339 e. The van der Waals surface area contributed by atoms with Gasteiger partial charge < -0.3 is 10.2 Å². The van der Waals surface area contributed by atoms with Gasteiger partial charge in [-0.2, -0.15) is 0 Å². The van der Waals surface area contributed by atoms with Crippen LogP contribution in [0.15, 0.2) is 48.5 Å². The van der Waals surface area contributed by atoms with Crippen LogP contribution in [0.4, 0.5) is 8.78 Å². The average Bonchev–Trinajstić information content (AvgIpc) is 3.26. The van der Waals surface area contributed by atoms with E-state index < -0.39 is 0 Å². The van der Waals surface area contributed by atoms with E-state index in [1.54, 1.807) is 24.3 Å². The van der Waals surface area contributed by atoms with Gasteiger partial charge in [0.2, 0.25) is 5.91 Å². The monoisotopic (exact) mass is 457 g/mol. The SMILES string of the molecule is Cl.Cl.O=C([C@H]1CCCN1)N1CCN(C(c2ccc(F)cc2)c2ccc(F)cc2)CC1. The number of nitrogens with zero attached hydrogens (tertiary/aromatic N) is 2. The minimum Gasteiger partial charge on any atom is -0.339 e. The van der Waals surface area contributed by atoms with Crippen molar-refractivity contribution in [2.75, 3.05) is 32.7 Å². The lowest BCUT2D eigenvalue weighted by molar-refractivity contribution is -0.135. The summed E-state index contributed by atoms with van der Waals surface area (Å²) in [5.74, 6) is -0.362. The van der Waals surface area contributed by atoms with Crippen molar-refractivity contribution in [3.8, 4) is 0 Å². The van der Waals surface area contributed by atoms with Crippen molar-refractivity contribution >= 4 is 30.7 Å². The van der Waals surface area contributed by atoms with E-state index in [9.17, 15) is 13.6 Å². The zero-order chi connectivity index (χ0) is 19.5. The molecule has 2 aromatic rings. The Morgan fingerprint density at radius 3 is 1.80 bits per heavy atom. The average molecular weight is 458 g/mol. The lowest BCUT2D eigenvalue weighted by atomic mass is 9.96. The highest BCUT2D eigenvalue weighted by atomic mass is 35.5. The number of carbonyl (C=O) groups is 1. The van der Waals surface area contributed by atoms with Crippen molar-refractivity contribution in [1.29, 1.82) is 0 Å². The molecule has 0 unspecified atom stereocenters.